The number of rotatable bonds is 5. The Balaban J connectivity index is 4.49. The summed E-state index contributed by atoms with van der Waals surface area (Å²) in [4.78, 5) is 0.0874. The Labute approximate surface area is 109 Å². The van der Waals surface area contributed by atoms with Gasteiger partial charge in [-0.3, -0.25) is 0 Å². The summed E-state index contributed by atoms with van der Waals surface area (Å²) < 4.78 is 26.5. The minimum absolute atomic E-state index is 0.0406. The summed E-state index contributed by atoms with van der Waals surface area (Å²) in [5.74, 6) is 0.180. The summed E-state index contributed by atoms with van der Waals surface area (Å²) in [6.07, 6.45) is 0.662. The molecule has 0 radical (unpaired) electrons. The highest BCUT2D eigenvalue weighted by Crippen LogP contribution is 2.21. The maximum Gasteiger partial charge on any atom is 0.212 e. The molecule has 0 rings (SSSR count). The molecule has 0 aliphatic carbocycles. The first-order valence-electron chi connectivity index (χ1n) is 5.51. The van der Waals surface area contributed by atoms with Gasteiger partial charge >= 0.3 is 0 Å². The fraction of sp³-hybridized carbons (Fsp3) is 1.00. The molecule has 0 aliphatic heterocycles. The summed E-state index contributed by atoms with van der Waals surface area (Å²) in [5.41, 5.74) is -0.421. The fourth-order valence-corrected chi connectivity index (χ4v) is 3.20. The number of nitrogens with one attached hydrogen (secondary N) is 1. The Bertz CT molecular complexity index is 315. The molecule has 0 spiro atoms. The quantitative estimate of drug-likeness (QED) is 0.793. The molecule has 0 aromatic rings. The van der Waals surface area contributed by atoms with Crippen molar-refractivity contribution in [3.63, 3.8) is 0 Å². The number of hydrogen-bond donors (Lipinski definition) is 1. The van der Waals surface area contributed by atoms with Gasteiger partial charge in [0.05, 0.1) is 5.75 Å². The molecule has 0 saturated heterocycles. The van der Waals surface area contributed by atoms with Crippen LogP contribution in [0.15, 0.2) is 0 Å². The van der Waals surface area contributed by atoms with Crippen LogP contribution in [0.3, 0.4) is 0 Å². The standard InChI is InChI=1S/C11H24BrNO2S/c1-9(12)11(5,6)13-16(14,15)8-7-10(2,3)4/h9,13H,7-8H2,1-6H3. The van der Waals surface area contributed by atoms with Crippen LogP contribution in [-0.2, 0) is 10.0 Å². The number of halogens is 1. The maximum atomic E-state index is 11.9. The van der Waals surface area contributed by atoms with Gasteiger partial charge in [0.1, 0.15) is 0 Å². The maximum absolute atomic E-state index is 11.9. The van der Waals surface area contributed by atoms with E-state index in [1.165, 1.54) is 0 Å². The summed E-state index contributed by atoms with van der Waals surface area (Å²) in [5, 5.41) is 0. The van der Waals surface area contributed by atoms with Crippen molar-refractivity contribution in [3.8, 4) is 0 Å². The molecule has 3 nitrogen and oxygen atoms in total. The zero-order chi connectivity index (χ0) is 13.2. The van der Waals surface area contributed by atoms with Gasteiger partial charge in [-0.15, -0.1) is 0 Å². The Morgan fingerprint density at radius 1 is 1.19 bits per heavy atom. The van der Waals surface area contributed by atoms with Crippen LogP contribution in [-0.4, -0.2) is 24.5 Å². The lowest BCUT2D eigenvalue weighted by molar-refractivity contribution is 0.392. The molecule has 98 valence electrons. The lowest BCUT2D eigenvalue weighted by Gasteiger charge is -2.29. The minimum atomic E-state index is -3.20. The Kier molecular flexibility index (Phi) is 5.49. The Hall–Kier alpha value is 0.390. The molecule has 5 heteroatoms. The second-order valence-electron chi connectivity index (χ2n) is 6.07. The van der Waals surface area contributed by atoms with Gasteiger partial charge in [-0.25, -0.2) is 13.1 Å². The van der Waals surface area contributed by atoms with Gasteiger partial charge in [-0.1, -0.05) is 43.6 Å². The van der Waals surface area contributed by atoms with Gasteiger partial charge in [0.15, 0.2) is 0 Å². The van der Waals surface area contributed by atoms with Crippen LogP contribution < -0.4 is 4.72 Å². The van der Waals surface area contributed by atoms with E-state index < -0.39 is 15.6 Å². The molecule has 1 unspecified atom stereocenters. The van der Waals surface area contributed by atoms with Crippen molar-refractivity contribution in [1.29, 1.82) is 0 Å². The number of alkyl halides is 1. The normalized spacial score (nSPS) is 16.2. The highest BCUT2D eigenvalue weighted by Gasteiger charge is 2.29. The zero-order valence-electron chi connectivity index (χ0n) is 11.1. The molecule has 0 bridgehead atoms. The minimum Gasteiger partial charge on any atom is -0.212 e. The van der Waals surface area contributed by atoms with E-state index in [1.807, 2.05) is 41.5 Å². The van der Waals surface area contributed by atoms with Gasteiger partial charge < -0.3 is 0 Å². The molecular weight excluding hydrogens is 290 g/mol. The molecule has 0 heterocycles. The van der Waals surface area contributed by atoms with Gasteiger partial charge in [0.2, 0.25) is 10.0 Å². The van der Waals surface area contributed by atoms with Crippen molar-refractivity contribution < 1.29 is 8.42 Å². The predicted octanol–water partition coefficient (Wildman–Crippen LogP) is 2.90. The van der Waals surface area contributed by atoms with Crippen LogP contribution in [0.25, 0.3) is 0 Å². The van der Waals surface area contributed by atoms with Gasteiger partial charge in [-0.05, 0) is 25.7 Å². The third-order valence-electron chi connectivity index (χ3n) is 2.53. The SMILES string of the molecule is CC(Br)C(C)(C)NS(=O)(=O)CCC(C)(C)C. The van der Waals surface area contributed by atoms with Gasteiger partial charge in [-0.2, -0.15) is 0 Å². The average Bonchev–Trinajstić information content (AvgIpc) is 1.97. The first-order valence-corrected chi connectivity index (χ1v) is 8.08. The smallest absolute Gasteiger partial charge is 0.212 e. The van der Waals surface area contributed by atoms with E-state index in [0.29, 0.717) is 6.42 Å². The molecular formula is C11H24BrNO2S. The third-order valence-corrected chi connectivity index (χ3v) is 5.26. The van der Waals surface area contributed by atoms with Crippen LogP contribution in [0.1, 0.15) is 48.0 Å². The molecule has 0 fully saturated rings. The van der Waals surface area contributed by atoms with Crippen LogP contribution in [0.5, 0.6) is 0 Å². The number of hydrogen-bond acceptors (Lipinski definition) is 2. The van der Waals surface area contributed by atoms with Crippen LogP contribution >= 0.6 is 15.9 Å². The van der Waals surface area contributed by atoms with Crippen molar-refractivity contribution >= 4 is 26.0 Å². The summed E-state index contributed by atoms with van der Waals surface area (Å²) in [7, 11) is -3.20. The summed E-state index contributed by atoms with van der Waals surface area (Å²) >= 11 is 3.41. The van der Waals surface area contributed by atoms with E-state index in [1.54, 1.807) is 0 Å². The monoisotopic (exact) mass is 313 g/mol. The first-order chi connectivity index (χ1) is 6.86. The van der Waals surface area contributed by atoms with Crippen molar-refractivity contribution in [3.05, 3.63) is 0 Å². The topological polar surface area (TPSA) is 46.2 Å². The summed E-state index contributed by atoms with van der Waals surface area (Å²) in [6.45, 7) is 11.8. The lowest BCUT2D eigenvalue weighted by atomic mass is 9.94. The molecule has 0 saturated carbocycles. The van der Waals surface area contributed by atoms with Gasteiger partial charge in [0, 0.05) is 10.4 Å². The van der Waals surface area contributed by atoms with E-state index in [4.69, 9.17) is 0 Å². The Morgan fingerprint density at radius 2 is 1.62 bits per heavy atom. The molecule has 0 aliphatic rings. The molecule has 1 N–H and O–H groups in total. The van der Waals surface area contributed by atoms with E-state index >= 15 is 0 Å². The van der Waals surface area contributed by atoms with Crippen LogP contribution in [0.4, 0.5) is 0 Å². The Morgan fingerprint density at radius 3 is 1.94 bits per heavy atom. The second kappa shape index (κ2) is 5.36. The molecule has 1 atom stereocenters. The molecule has 16 heavy (non-hydrogen) atoms. The van der Waals surface area contributed by atoms with Crippen molar-refractivity contribution in [2.75, 3.05) is 5.75 Å². The van der Waals surface area contributed by atoms with Crippen molar-refractivity contribution in [2.24, 2.45) is 5.41 Å². The fourth-order valence-electron chi connectivity index (χ4n) is 0.974. The van der Waals surface area contributed by atoms with Crippen molar-refractivity contribution in [2.45, 2.75) is 58.3 Å². The lowest BCUT2D eigenvalue weighted by Crippen LogP contribution is -2.49. The van der Waals surface area contributed by atoms with Crippen LogP contribution in [0, 0.1) is 5.41 Å². The predicted molar refractivity (Wildman–Crippen MR) is 73.5 cm³/mol. The molecule has 0 aromatic carbocycles. The van der Waals surface area contributed by atoms with Crippen molar-refractivity contribution in [1.82, 2.24) is 4.72 Å². The van der Waals surface area contributed by atoms with E-state index in [-0.39, 0.29) is 16.0 Å². The zero-order valence-corrected chi connectivity index (χ0v) is 13.5. The highest BCUT2D eigenvalue weighted by molar-refractivity contribution is 9.09. The van der Waals surface area contributed by atoms with E-state index in [0.717, 1.165) is 0 Å². The highest BCUT2D eigenvalue weighted by atomic mass is 79.9. The summed E-state index contributed by atoms with van der Waals surface area (Å²) in [6, 6.07) is 0. The third kappa shape index (κ3) is 6.86. The molecule has 0 amide bonds. The molecule has 0 aromatic heterocycles. The van der Waals surface area contributed by atoms with Gasteiger partial charge in [0.25, 0.3) is 0 Å². The second-order valence-corrected chi connectivity index (χ2v) is 9.28. The average molecular weight is 314 g/mol. The van der Waals surface area contributed by atoms with Crippen LogP contribution in [0.2, 0.25) is 0 Å². The van der Waals surface area contributed by atoms with E-state index in [2.05, 4.69) is 20.7 Å². The number of sulfonamides is 1. The van der Waals surface area contributed by atoms with E-state index in [9.17, 15) is 8.42 Å². The first kappa shape index (κ1) is 16.4. The largest absolute Gasteiger partial charge is 0.212 e.